The molecule has 0 unspecified atom stereocenters. The van der Waals surface area contributed by atoms with Gasteiger partial charge < -0.3 is 0 Å². The second kappa shape index (κ2) is 4.59. The van der Waals surface area contributed by atoms with Crippen molar-refractivity contribution < 1.29 is 13.2 Å². The number of imidazole rings is 1. The molecule has 0 radical (unpaired) electrons. The number of nitrogens with zero attached hydrogens (tertiary/aromatic N) is 4. The Kier molecular flexibility index (Phi) is 2.87. The topological polar surface area (TPSA) is 54.0 Å². The smallest absolute Gasteiger partial charge is 0.290 e. The molecule has 0 saturated heterocycles. The lowest BCUT2D eigenvalue weighted by Gasteiger charge is -2.06. The molecule has 104 valence electrons. The standard InChI is InChI=1S/C14H7F3N4/c15-14(16,17)10-3-4-12-20-13(9-2-1-5-19-7-9)11(6-18)21(12)8-10/h1-5,7-8H. The number of halogens is 3. The molecule has 0 N–H and O–H groups in total. The van der Waals surface area contributed by atoms with Crippen molar-refractivity contribution in [2.45, 2.75) is 6.18 Å². The Balaban J connectivity index is 2.28. The molecule has 0 aliphatic heterocycles. The molecular weight excluding hydrogens is 281 g/mol. The van der Waals surface area contributed by atoms with Crippen molar-refractivity contribution in [2.75, 3.05) is 0 Å². The number of hydrogen-bond acceptors (Lipinski definition) is 3. The van der Waals surface area contributed by atoms with Gasteiger partial charge in [0.05, 0.1) is 5.56 Å². The van der Waals surface area contributed by atoms with E-state index in [0.29, 0.717) is 11.3 Å². The molecule has 0 aliphatic rings. The summed E-state index contributed by atoms with van der Waals surface area (Å²) in [6.45, 7) is 0. The Bertz CT molecular complexity index is 844. The monoisotopic (exact) mass is 288 g/mol. The Morgan fingerprint density at radius 1 is 1.19 bits per heavy atom. The second-order valence-electron chi connectivity index (χ2n) is 4.31. The predicted octanol–water partition coefficient (Wildman–Crippen LogP) is 3.29. The van der Waals surface area contributed by atoms with Crippen LogP contribution in [0.3, 0.4) is 0 Å². The summed E-state index contributed by atoms with van der Waals surface area (Å²) < 4.78 is 39.4. The van der Waals surface area contributed by atoms with Crippen LogP contribution in [0.4, 0.5) is 13.2 Å². The van der Waals surface area contributed by atoms with E-state index < -0.39 is 11.7 Å². The summed E-state index contributed by atoms with van der Waals surface area (Å²) in [6, 6.07) is 7.44. The number of rotatable bonds is 1. The molecule has 3 aromatic heterocycles. The number of nitriles is 1. The molecule has 3 heterocycles. The first-order chi connectivity index (χ1) is 10.0. The van der Waals surface area contributed by atoms with E-state index in [1.54, 1.807) is 18.3 Å². The predicted molar refractivity (Wildman–Crippen MR) is 68.1 cm³/mol. The molecule has 0 fully saturated rings. The molecule has 0 aromatic carbocycles. The Hall–Kier alpha value is -2.88. The Labute approximate surface area is 117 Å². The maximum Gasteiger partial charge on any atom is 0.417 e. The highest BCUT2D eigenvalue weighted by Crippen LogP contribution is 2.31. The van der Waals surface area contributed by atoms with Crippen molar-refractivity contribution in [3.8, 4) is 17.3 Å². The van der Waals surface area contributed by atoms with E-state index >= 15 is 0 Å². The van der Waals surface area contributed by atoms with Gasteiger partial charge in [-0.15, -0.1) is 0 Å². The first kappa shape index (κ1) is 13.1. The van der Waals surface area contributed by atoms with E-state index in [1.165, 1.54) is 12.3 Å². The van der Waals surface area contributed by atoms with Crippen molar-refractivity contribution >= 4 is 5.65 Å². The lowest BCUT2D eigenvalue weighted by molar-refractivity contribution is -0.137. The third-order valence-electron chi connectivity index (χ3n) is 2.99. The maximum absolute atomic E-state index is 12.8. The van der Waals surface area contributed by atoms with Crippen LogP contribution in [0.1, 0.15) is 11.3 Å². The van der Waals surface area contributed by atoms with E-state index in [0.717, 1.165) is 16.7 Å². The second-order valence-corrected chi connectivity index (χ2v) is 4.31. The molecule has 3 rings (SSSR count). The van der Waals surface area contributed by atoms with Crippen molar-refractivity contribution in [2.24, 2.45) is 0 Å². The molecule has 0 spiro atoms. The number of hydrogen-bond donors (Lipinski definition) is 0. The molecule has 21 heavy (non-hydrogen) atoms. The van der Waals surface area contributed by atoms with Crippen molar-refractivity contribution in [3.05, 3.63) is 54.1 Å². The van der Waals surface area contributed by atoms with Crippen LogP contribution < -0.4 is 0 Å². The Morgan fingerprint density at radius 3 is 2.62 bits per heavy atom. The molecular formula is C14H7F3N4. The lowest BCUT2D eigenvalue weighted by atomic mass is 10.2. The molecule has 7 heteroatoms. The van der Waals surface area contributed by atoms with Gasteiger partial charge in [-0.1, -0.05) is 0 Å². The lowest BCUT2D eigenvalue weighted by Crippen LogP contribution is -2.06. The van der Waals surface area contributed by atoms with E-state index in [4.69, 9.17) is 0 Å². The van der Waals surface area contributed by atoms with Gasteiger partial charge in [0.2, 0.25) is 0 Å². The summed E-state index contributed by atoms with van der Waals surface area (Å²) in [6.07, 6.45) is -0.527. The fourth-order valence-corrected chi connectivity index (χ4v) is 2.02. The maximum atomic E-state index is 12.8. The minimum absolute atomic E-state index is 0.0455. The zero-order valence-corrected chi connectivity index (χ0v) is 10.5. The van der Waals surface area contributed by atoms with Crippen LogP contribution in [-0.4, -0.2) is 14.4 Å². The zero-order chi connectivity index (χ0) is 15.0. The third kappa shape index (κ3) is 2.21. The molecule has 0 amide bonds. The summed E-state index contributed by atoms with van der Waals surface area (Å²) in [7, 11) is 0. The van der Waals surface area contributed by atoms with Gasteiger partial charge in [0.25, 0.3) is 0 Å². The molecule has 0 aliphatic carbocycles. The molecule has 4 nitrogen and oxygen atoms in total. The van der Waals surface area contributed by atoms with Crippen molar-refractivity contribution in [1.82, 2.24) is 14.4 Å². The van der Waals surface area contributed by atoms with Gasteiger partial charge in [-0.25, -0.2) is 4.98 Å². The van der Waals surface area contributed by atoms with Crippen LogP contribution in [0, 0.1) is 11.3 Å². The van der Waals surface area contributed by atoms with Crippen molar-refractivity contribution in [3.63, 3.8) is 0 Å². The number of aromatic nitrogens is 3. The van der Waals surface area contributed by atoms with Crippen LogP contribution in [0.5, 0.6) is 0 Å². The average molecular weight is 288 g/mol. The largest absolute Gasteiger partial charge is 0.417 e. The van der Waals surface area contributed by atoms with Gasteiger partial charge in [-0.3, -0.25) is 9.38 Å². The number of pyridine rings is 2. The molecule has 3 aromatic rings. The molecule has 0 saturated carbocycles. The highest BCUT2D eigenvalue weighted by molar-refractivity contribution is 5.68. The number of alkyl halides is 3. The SMILES string of the molecule is N#Cc1c(-c2cccnc2)nc2ccc(C(F)(F)F)cn12. The van der Waals surface area contributed by atoms with Gasteiger partial charge >= 0.3 is 6.18 Å². The van der Waals surface area contributed by atoms with Gasteiger partial charge in [0.15, 0.2) is 5.69 Å². The summed E-state index contributed by atoms with van der Waals surface area (Å²) in [4.78, 5) is 8.13. The van der Waals surface area contributed by atoms with Crippen LogP contribution in [0.25, 0.3) is 16.9 Å². The summed E-state index contributed by atoms with van der Waals surface area (Å²) >= 11 is 0. The minimum atomic E-state index is -4.47. The van der Waals surface area contributed by atoms with E-state index in [9.17, 15) is 18.4 Å². The zero-order valence-electron chi connectivity index (χ0n) is 10.5. The van der Waals surface area contributed by atoms with Gasteiger partial charge in [0, 0.05) is 24.2 Å². The quantitative estimate of drug-likeness (QED) is 0.690. The summed E-state index contributed by atoms with van der Waals surface area (Å²) in [5.41, 5.74) is 0.375. The Morgan fingerprint density at radius 2 is 2.00 bits per heavy atom. The van der Waals surface area contributed by atoms with E-state index in [2.05, 4.69) is 9.97 Å². The van der Waals surface area contributed by atoms with E-state index in [-0.39, 0.29) is 11.3 Å². The fraction of sp³-hybridized carbons (Fsp3) is 0.0714. The van der Waals surface area contributed by atoms with Gasteiger partial charge in [-0.2, -0.15) is 18.4 Å². The van der Waals surface area contributed by atoms with Crippen LogP contribution in [0.2, 0.25) is 0 Å². The summed E-state index contributed by atoms with van der Waals surface area (Å²) in [5, 5.41) is 9.25. The molecule has 0 atom stereocenters. The van der Waals surface area contributed by atoms with Gasteiger partial charge in [0.1, 0.15) is 17.4 Å². The first-order valence-electron chi connectivity index (χ1n) is 5.90. The van der Waals surface area contributed by atoms with Crippen molar-refractivity contribution in [1.29, 1.82) is 5.26 Å². The normalized spacial score (nSPS) is 11.5. The van der Waals surface area contributed by atoms with Crippen LogP contribution in [0.15, 0.2) is 42.9 Å². The molecule has 0 bridgehead atoms. The summed E-state index contributed by atoms with van der Waals surface area (Å²) in [5.74, 6) is 0. The van der Waals surface area contributed by atoms with Crippen LogP contribution >= 0.6 is 0 Å². The average Bonchev–Trinajstić information content (AvgIpc) is 2.84. The minimum Gasteiger partial charge on any atom is -0.290 e. The highest BCUT2D eigenvalue weighted by atomic mass is 19.4. The number of fused-ring (bicyclic) bond motifs is 1. The van der Waals surface area contributed by atoms with Gasteiger partial charge in [-0.05, 0) is 24.3 Å². The third-order valence-corrected chi connectivity index (χ3v) is 2.99. The van der Waals surface area contributed by atoms with E-state index in [1.807, 2.05) is 6.07 Å². The van der Waals surface area contributed by atoms with Crippen LogP contribution in [-0.2, 0) is 6.18 Å². The first-order valence-corrected chi connectivity index (χ1v) is 5.90. The highest BCUT2D eigenvalue weighted by Gasteiger charge is 2.31. The fourth-order valence-electron chi connectivity index (χ4n) is 2.02.